The van der Waals surface area contributed by atoms with Crippen molar-refractivity contribution in [2.75, 3.05) is 20.8 Å². The number of methoxy groups -OCH3 is 2. The molecule has 8 heteroatoms. The number of nitrogens with one attached hydrogen (secondary N) is 1. The average Bonchev–Trinajstić information content (AvgIpc) is 2.75. The van der Waals surface area contributed by atoms with E-state index in [2.05, 4.69) is 5.32 Å². The molecule has 158 valence electrons. The lowest BCUT2D eigenvalue weighted by Gasteiger charge is -2.12. The molecule has 0 aliphatic heterocycles. The lowest BCUT2D eigenvalue weighted by atomic mass is 10.1. The molecule has 0 saturated carbocycles. The molecule has 2 aromatic rings. The molecule has 1 N–H and O–H groups in total. The van der Waals surface area contributed by atoms with E-state index < -0.39 is 36.1 Å². The normalized spacial score (nSPS) is 11.6. The Labute approximate surface area is 173 Å². The molecule has 0 aliphatic rings. The maximum atomic E-state index is 13.4. The minimum absolute atomic E-state index is 0.0376. The standard InChI is InChI=1S/C22H22FNO6/c1-14(24-21(26)11-6-15-4-8-17(28-2)9-5-15)22(27)30-13-19(25)18-12-16(23)7-10-20(18)29-3/h4-12,14H,13H2,1-3H3,(H,24,26)/b11-6+/t14-/m0/s1. The SMILES string of the molecule is COc1ccc(/C=C/C(=O)N[C@@H](C)C(=O)OCC(=O)c2cc(F)ccc2OC)cc1. The van der Waals surface area contributed by atoms with Gasteiger partial charge < -0.3 is 19.5 Å². The van der Waals surface area contributed by atoms with Crippen molar-refractivity contribution in [3.63, 3.8) is 0 Å². The Morgan fingerprint density at radius 1 is 1.07 bits per heavy atom. The summed E-state index contributed by atoms with van der Waals surface area (Å²) in [5.74, 6) is -1.69. The van der Waals surface area contributed by atoms with Gasteiger partial charge >= 0.3 is 5.97 Å². The van der Waals surface area contributed by atoms with Gasteiger partial charge in [0.25, 0.3) is 0 Å². The van der Waals surface area contributed by atoms with Crippen molar-refractivity contribution in [2.45, 2.75) is 13.0 Å². The first kappa shape index (κ1) is 22.6. The second-order valence-electron chi connectivity index (χ2n) is 6.21. The summed E-state index contributed by atoms with van der Waals surface area (Å²) in [6.45, 7) is 0.815. The number of hydrogen-bond acceptors (Lipinski definition) is 6. The van der Waals surface area contributed by atoms with Gasteiger partial charge in [-0.2, -0.15) is 0 Å². The Bertz CT molecular complexity index is 939. The van der Waals surface area contributed by atoms with Crippen LogP contribution in [0.5, 0.6) is 11.5 Å². The molecule has 1 amide bonds. The molecule has 30 heavy (non-hydrogen) atoms. The average molecular weight is 415 g/mol. The predicted octanol–water partition coefficient (Wildman–Crippen LogP) is 2.79. The highest BCUT2D eigenvalue weighted by Crippen LogP contribution is 2.20. The highest BCUT2D eigenvalue weighted by molar-refractivity contribution is 6.01. The number of rotatable bonds is 9. The van der Waals surface area contributed by atoms with Crippen molar-refractivity contribution >= 4 is 23.7 Å². The highest BCUT2D eigenvalue weighted by atomic mass is 19.1. The number of benzene rings is 2. The summed E-state index contributed by atoms with van der Waals surface area (Å²) in [4.78, 5) is 36.2. The third-order valence-corrected chi connectivity index (χ3v) is 4.06. The molecule has 1 atom stereocenters. The van der Waals surface area contributed by atoms with Gasteiger partial charge in [0, 0.05) is 6.08 Å². The molecule has 0 bridgehead atoms. The van der Waals surface area contributed by atoms with E-state index in [1.54, 1.807) is 37.5 Å². The third-order valence-electron chi connectivity index (χ3n) is 4.06. The maximum Gasteiger partial charge on any atom is 0.328 e. The molecule has 0 aromatic heterocycles. The predicted molar refractivity (Wildman–Crippen MR) is 108 cm³/mol. The van der Waals surface area contributed by atoms with E-state index in [1.165, 1.54) is 26.2 Å². The molecule has 0 unspecified atom stereocenters. The molecule has 0 radical (unpaired) electrons. The Morgan fingerprint density at radius 3 is 2.40 bits per heavy atom. The number of hydrogen-bond donors (Lipinski definition) is 1. The molecule has 7 nitrogen and oxygen atoms in total. The van der Waals surface area contributed by atoms with Gasteiger partial charge in [-0.1, -0.05) is 12.1 Å². The summed E-state index contributed by atoms with van der Waals surface area (Å²) in [7, 11) is 2.90. The molecular formula is C22H22FNO6. The van der Waals surface area contributed by atoms with Gasteiger partial charge in [0.2, 0.25) is 11.7 Å². The summed E-state index contributed by atoms with van der Waals surface area (Å²) in [5.41, 5.74) is 0.736. The number of amides is 1. The summed E-state index contributed by atoms with van der Waals surface area (Å²) in [6.07, 6.45) is 2.85. The Morgan fingerprint density at radius 2 is 1.77 bits per heavy atom. The Hall–Kier alpha value is -3.68. The van der Waals surface area contributed by atoms with Crippen LogP contribution in [0.2, 0.25) is 0 Å². The van der Waals surface area contributed by atoms with Crippen molar-refractivity contribution in [3.8, 4) is 11.5 Å². The monoisotopic (exact) mass is 415 g/mol. The Balaban J connectivity index is 1.86. The summed E-state index contributed by atoms with van der Waals surface area (Å²) >= 11 is 0. The van der Waals surface area contributed by atoms with Crippen LogP contribution in [0.3, 0.4) is 0 Å². The van der Waals surface area contributed by atoms with Crippen LogP contribution in [0.1, 0.15) is 22.8 Å². The minimum Gasteiger partial charge on any atom is -0.497 e. The van der Waals surface area contributed by atoms with Crippen molar-refractivity contribution in [1.29, 1.82) is 0 Å². The van der Waals surface area contributed by atoms with Crippen LogP contribution in [0.4, 0.5) is 4.39 Å². The van der Waals surface area contributed by atoms with E-state index in [9.17, 15) is 18.8 Å². The molecule has 2 aromatic carbocycles. The lowest BCUT2D eigenvalue weighted by molar-refractivity contribution is -0.145. The summed E-state index contributed by atoms with van der Waals surface area (Å²) in [6, 6.07) is 9.52. The van der Waals surface area contributed by atoms with Gasteiger partial charge in [-0.05, 0) is 48.9 Å². The number of halogens is 1. The van der Waals surface area contributed by atoms with Gasteiger partial charge in [0.05, 0.1) is 19.8 Å². The van der Waals surface area contributed by atoms with E-state index in [4.69, 9.17) is 14.2 Å². The molecule has 0 heterocycles. The van der Waals surface area contributed by atoms with Crippen molar-refractivity contribution in [1.82, 2.24) is 5.32 Å². The lowest BCUT2D eigenvalue weighted by Crippen LogP contribution is -2.39. The van der Waals surface area contributed by atoms with Crippen LogP contribution in [0, 0.1) is 5.82 Å². The first-order valence-electron chi connectivity index (χ1n) is 9.00. The fourth-order valence-electron chi connectivity index (χ4n) is 2.44. The fraction of sp³-hybridized carbons (Fsp3) is 0.227. The number of carbonyl (C=O) groups excluding carboxylic acids is 3. The molecular weight excluding hydrogens is 393 g/mol. The minimum atomic E-state index is -0.986. The van der Waals surface area contributed by atoms with Crippen LogP contribution < -0.4 is 14.8 Å². The van der Waals surface area contributed by atoms with Gasteiger partial charge in [-0.25, -0.2) is 9.18 Å². The van der Waals surface area contributed by atoms with Crippen LogP contribution in [-0.2, 0) is 14.3 Å². The van der Waals surface area contributed by atoms with Crippen LogP contribution in [0.15, 0.2) is 48.5 Å². The summed E-state index contributed by atoms with van der Waals surface area (Å²) < 4.78 is 28.4. The van der Waals surface area contributed by atoms with Gasteiger partial charge in [-0.3, -0.25) is 9.59 Å². The number of esters is 1. The zero-order valence-corrected chi connectivity index (χ0v) is 16.8. The number of Topliss-reactive ketones (excluding diaryl/α,β-unsaturated/α-hetero) is 1. The van der Waals surface area contributed by atoms with E-state index >= 15 is 0 Å². The maximum absolute atomic E-state index is 13.4. The molecule has 0 spiro atoms. The first-order chi connectivity index (χ1) is 14.3. The van der Waals surface area contributed by atoms with Crippen molar-refractivity contribution in [2.24, 2.45) is 0 Å². The van der Waals surface area contributed by atoms with Crippen LogP contribution in [-0.4, -0.2) is 44.5 Å². The van der Waals surface area contributed by atoms with Gasteiger partial charge in [0.15, 0.2) is 6.61 Å². The fourth-order valence-corrected chi connectivity index (χ4v) is 2.44. The van der Waals surface area contributed by atoms with E-state index in [0.29, 0.717) is 5.75 Å². The zero-order valence-electron chi connectivity index (χ0n) is 16.8. The smallest absolute Gasteiger partial charge is 0.328 e. The van der Waals surface area contributed by atoms with Crippen LogP contribution in [0.25, 0.3) is 6.08 Å². The topological polar surface area (TPSA) is 90.9 Å². The number of ether oxygens (including phenoxy) is 3. The number of carbonyl (C=O) groups is 3. The molecule has 2 rings (SSSR count). The molecule has 0 saturated heterocycles. The highest BCUT2D eigenvalue weighted by Gasteiger charge is 2.20. The van der Waals surface area contributed by atoms with Crippen molar-refractivity contribution < 1.29 is 33.0 Å². The van der Waals surface area contributed by atoms with E-state index in [0.717, 1.165) is 17.7 Å². The largest absolute Gasteiger partial charge is 0.497 e. The first-order valence-corrected chi connectivity index (χ1v) is 9.00. The third kappa shape index (κ3) is 6.44. The van der Waals surface area contributed by atoms with Crippen molar-refractivity contribution in [3.05, 3.63) is 65.5 Å². The second-order valence-corrected chi connectivity index (χ2v) is 6.21. The van der Waals surface area contributed by atoms with Gasteiger partial charge in [0.1, 0.15) is 23.4 Å². The molecule has 0 aliphatic carbocycles. The summed E-state index contributed by atoms with van der Waals surface area (Å²) in [5, 5.41) is 2.45. The second kappa shape index (κ2) is 10.8. The zero-order chi connectivity index (χ0) is 22.1. The Kier molecular flexibility index (Phi) is 8.10. The van der Waals surface area contributed by atoms with Crippen LogP contribution >= 0.6 is 0 Å². The van der Waals surface area contributed by atoms with E-state index in [-0.39, 0.29) is 11.3 Å². The number of ketones is 1. The van der Waals surface area contributed by atoms with E-state index in [1.807, 2.05) is 0 Å². The quantitative estimate of drug-likeness (QED) is 0.385. The molecule has 0 fully saturated rings. The van der Waals surface area contributed by atoms with Gasteiger partial charge in [-0.15, -0.1) is 0 Å².